The largest absolute Gasteiger partial charge is 0.480 e. The van der Waals surface area contributed by atoms with Crippen LogP contribution in [-0.2, 0) is 78.3 Å². The lowest BCUT2D eigenvalue weighted by Crippen LogP contribution is -2.63. The molecule has 17 atom stereocenters. The van der Waals surface area contributed by atoms with Gasteiger partial charge in [0.2, 0.25) is 82.7 Å². The van der Waals surface area contributed by atoms with E-state index >= 15 is 0 Å². The third kappa shape index (κ3) is 35.5. The molecule has 0 unspecified atom stereocenters. The van der Waals surface area contributed by atoms with Crippen LogP contribution in [0.4, 0.5) is 0 Å². The lowest BCUT2D eigenvalue weighted by molar-refractivity contribution is -0.142. The second kappa shape index (κ2) is 51.2. The van der Waals surface area contributed by atoms with Crippen LogP contribution in [0.2, 0.25) is 0 Å². The van der Waals surface area contributed by atoms with Crippen molar-refractivity contribution in [1.29, 1.82) is 0 Å². The van der Waals surface area contributed by atoms with Gasteiger partial charge in [0.05, 0.1) is 31.9 Å². The summed E-state index contributed by atoms with van der Waals surface area (Å²) in [6.45, 7) is 21.0. The Morgan fingerprint density at radius 3 is 1.37 bits per heavy atom. The van der Waals surface area contributed by atoms with Crippen molar-refractivity contribution in [3.05, 3.63) is 35.9 Å². The normalized spacial score (nSPS) is 16.9. The molecule has 1 heterocycles. The van der Waals surface area contributed by atoms with E-state index in [4.69, 9.17) is 17.2 Å². The highest BCUT2D eigenvalue weighted by Crippen LogP contribution is 2.17. The molecular weight excluding hydrogens is 1470 g/mol. The van der Waals surface area contributed by atoms with Gasteiger partial charge in [-0.1, -0.05) is 126 Å². The number of nitrogens with zero attached hydrogens (tertiary/aromatic N) is 1. The molecule has 0 bridgehead atoms. The molecule has 2 rings (SSSR count). The highest BCUT2D eigenvalue weighted by atomic mass is 16.4. The molecule has 1 aliphatic rings. The van der Waals surface area contributed by atoms with Gasteiger partial charge in [0, 0.05) is 13.0 Å². The first-order valence-electron chi connectivity index (χ1n) is 39.0. The van der Waals surface area contributed by atoms with E-state index in [1.54, 1.807) is 113 Å². The van der Waals surface area contributed by atoms with E-state index in [9.17, 15) is 92.3 Å². The minimum atomic E-state index is -1.80. The fraction of sp³-hybridized carbons (Fsp3) is 0.707. The summed E-state index contributed by atoms with van der Waals surface area (Å²) in [6.07, 6.45) is 0.813. The first-order chi connectivity index (χ1) is 53.1. The van der Waals surface area contributed by atoms with E-state index in [1.165, 1.54) is 13.8 Å². The number of unbranched alkanes of at least 4 members (excludes halogenated alkanes) is 1. The Labute approximate surface area is 661 Å². The van der Waals surface area contributed by atoms with Gasteiger partial charge >= 0.3 is 5.97 Å². The summed E-state index contributed by atoms with van der Waals surface area (Å²) in [6, 6.07) is -11.0. The predicted octanol–water partition coefficient (Wildman–Crippen LogP) is -4.45. The van der Waals surface area contributed by atoms with E-state index < -0.39 is 223 Å². The van der Waals surface area contributed by atoms with Crippen LogP contribution in [0.1, 0.15) is 173 Å². The van der Waals surface area contributed by atoms with Crippen molar-refractivity contribution in [3.8, 4) is 0 Å². The van der Waals surface area contributed by atoms with Crippen molar-refractivity contribution in [2.45, 2.75) is 265 Å². The van der Waals surface area contributed by atoms with Gasteiger partial charge in [-0.25, -0.2) is 0 Å². The van der Waals surface area contributed by atoms with Crippen molar-refractivity contribution in [3.63, 3.8) is 0 Å². The van der Waals surface area contributed by atoms with Gasteiger partial charge in [-0.05, 0) is 126 Å². The smallest absolute Gasteiger partial charge is 0.325 e. The summed E-state index contributed by atoms with van der Waals surface area (Å²) in [5.41, 5.74) is 17.3. The quantitative estimate of drug-likeness (QED) is 0.0166. The summed E-state index contributed by atoms with van der Waals surface area (Å²) >= 11 is 0. The van der Waals surface area contributed by atoms with E-state index in [1.807, 2.05) is 0 Å². The van der Waals surface area contributed by atoms with Crippen LogP contribution in [-0.4, -0.2) is 245 Å². The molecule has 0 saturated carbocycles. The lowest BCUT2D eigenvalue weighted by atomic mass is 9.95. The number of carbonyl (C=O) groups excluding carboxylic acids is 14. The maximum absolute atomic E-state index is 14.7. The number of carboxylic acid groups (broad SMARTS) is 1. The van der Waals surface area contributed by atoms with Crippen molar-refractivity contribution < 1.29 is 92.3 Å². The number of nitrogens with two attached hydrogens (primary N) is 3. The third-order valence-corrected chi connectivity index (χ3v) is 19.1. The van der Waals surface area contributed by atoms with Gasteiger partial charge in [0.25, 0.3) is 0 Å². The maximum Gasteiger partial charge on any atom is 0.325 e. The SMILES string of the molecule is CC[C@H](C)[C@H](NC(=O)[C@H](CO)NC(=O)[C@H](Cc1ccccc1)NC(=O)[C@H](CC(C)C)NC(=O)[C@@H](NC(=O)[C@@H](NC(=O)[C@@H](NC(=O)[C@@H](NC(=O)[C@H](CCCCN)NC(=O)CNC(=O)[C@H](CO)NC(=O)[C@@H]1CCCN1)C(C)C)C(C)C)[C@@H](C)CC)[C@@H](C)O)C(=O)N[C@@H](CCCN=C(N)N)C(=O)N[C@@H](CC(C)C)C(=O)N[C@@H](C)C(=O)O. The molecule has 38 nitrogen and oxygen atoms in total. The highest BCUT2D eigenvalue weighted by Gasteiger charge is 2.41. The van der Waals surface area contributed by atoms with Crippen LogP contribution in [0.3, 0.4) is 0 Å². The Morgan fingerprint density at radius 1 is 0.478 bits per heavy atom. The monoisotopic (exact) mass is 1600 g/mol. The Hall–Kier alpha value is -9.66. The van der Waals surface area contributed by atoms with Crippen LogP contribution in [0, 0.1) is 35.5 Å². The zero-order valence-electron chi connectivity index (χ0n) is 67.8. The molecule has 0 spiro atoms. The number of hydrogen-bond donors (Lipinski definition) is 22. The number of aliphatic carboxylic acids is 1. The molecule has 25 N–H and O–H groups in total. The fourth-order valence-corrected chi connectivity index (χ4v) is 11.9. The van der Waals surface area contributed by atoms with Gasteiger partial charge < -0.3 is 117 Å². The maximum atomic E-state index is 14.7. The molecule has 113 heavy (non-hydrogen) atoms. The highest BCUT2D eigenvalue weighted by molar-refractivity contribution is 6.00. The standard InChI is InChI=1S/C75H129N19O19/c1-15-42(11)58(71(109)84-49(28-23-31-80-75(77)78)63(101)85-50(32-38(3)4)65(103)82-44(13)74(112)113)92-68(106)54(37-96)89-67(105)52(34-46-24-18-17-19-25-46)86-66(104)51(33-39(5)6)87-73(111)60(45(14)97)94-72(110)59(43(12)16-2)93-70(108)57(41(9)10)91-69(107)56(40(7)8)90-64(102)48(26-20-21-29-76)83-55(98)35-81-61(99)53(36-95)88-62(100)47-27-22-30-79-47/h17-19,24-25,38-45,47-54,56-60,79,95-97H,15-16,20-23,26-37,76H2,1-14H3,(H,81,99)(H,82,103)(H,83,98)(H,84,109)(H,85,101)(H,86,104)(H,87,111)(H,88,100)(H,89,105)(H,90,102)(H,91,107)(H,92,106)(H,93,108)(H,94,110)(H,112,113)(H4,77,78,80)/t42-,43-,44-,45+,47-,48-,49-,50-,51-,52-,53-,54-,56-,57-,58-,59-,60-/m0/s1. The van der Waals surface area contributed by atoms with Gasteiger partial charge in [-0.15, -0.1) is 0 Å². The third-order valence-electron chi connectivity index (χ3n) is 19.1. The number of aliphatic imine (C=N–C) groups is 1. The molecule has 0 aliphatic carbocycles. The molecule has 38 heteroatoms. The molecule has 638 valence electrons. The zero-order valence-corrected chi connectivity index (χ0v) is 67.8. The minimum absolute atomic E-state index is 0.0192. The van der Waals surface area contributed by atoms with Crippen molar-refractivity contribution in [2.24, 2.45) is 57.7 Å². The second-order valence-electron chi connectivity index (χ2n) is 30.4. The Morgan fingerprint density at radius 2 is 0.885 bits per heavy atom. The van der Waals surface area contributed by atoms with Gasteiger partial charge in [-0.3, -0.25) is 76.9 Å². The van der Waals surface area contributed by atoms with Crippen molar-refractivity contribution >= 4 is 94.6 Å². The number of aliphatic hydroxyl groups is 3. The molecular formula is C75H129N19O19. The minimum Gasteiger partial charge on any atom is -0.480 e. The number of benzene rings is 1. The number of aliphatic hydroxyl groups excluding tert-OH is 3. The molecule has 1 aromatic carbocycles. The van der Waals surface area contributed by atoms with E-state index in [-0.39, 0.29) is 82.3 Å². The number of guanidine groups is 1. The topological polar surface area (TPSA) is 608 Å². The average Bonchev–Trinajstić information content (AvgIpc) is 1.56. The van der Waals surface area contributed by atoms with E-state index in [0.29, 0.717) is 31.4 Å². The number of carbonyl (C=O) groups is 15. The summed E-state index contributed by atoms with van der Waals surface area (Å²) in [5.74, 6) is -16.9. The van der Waals surface area contributed by atoms with E-state index in [2.05, 4.69) is 84.7 Å². The molecule has 0 radical (unpaired) electrons. The Balaban J connectivity index is 2.43. The molecule has 1 saturated heterocycles. The molecule has 14 amide bonds. The van der Waals surface area contributed by atoms with Gasteiger partial charge in [0.1, 0.15) is 78.5 Å². The second-order valence-corrected chi connectivity index (χ2v) is 30.4. The summed E-state index contributed by atoms with van der Waals surface area (Å²) in [7, 11) is 0. The number of rotatable bonds is 52. The Kier molecular flexibility index (Phi) is 45.0. The molecule has 0 aromatic heterocycles. The van der Waals surface area contributed by atoms with Crippen LogP contribution < -0.4 is 97.0 Å². The molecule has 1 aromatic rings. The van der Waals surface area contributed by atoms with Crippen LogP contribution in [0.5, 0.6) is 0 Å². The first kappa shape index (κ1) is 99.4. The predicted molar refractivity (Wildman–Crippen MR) is 419 cm³/mol. The van der Waals surface area contributed by atoms with E-state index in [0.717, 1.165) is 6.42 Å². The lowest BCUT2D eigenvalue weighted by Gasteiger charge is -2.32. The van der Waals surface area contributed by atoms with Crippen molar-refractivity contribution in [2.75, 3.05) is 39.4 Å². The van der Waals surface area contributed by atoms with Crippen LogP contribution >= 0.6 is 0 Å². The number of carboxylic acids is 1. The Bertz CT molecular complexity index is 3320. The van der Waals surface area contributed by atoms with Crippen LogP contribution in [0.15, 0.2) is 35.3 Å². The van der Waals surface area contributed by atoms with Crippen LogP contribution in [0.25, 0.3) is 0 Å². The summed E-state index contributed by atoms with van der Waals surface area (Å²) < 4.78 is 0. The summed E-state index contributed by atoms with van der Waals surface area (Å²) in [4.78, 5) is 211. The number of amides is 14. The average molecular weight is 1600 g/mol. The van der Waals surface area contributed by atoms with Gasteiger partial charge in [0.15, 0.2) is 5.96 Å². The molecule has 1 fully saturated rings. The molecule has 1 aliphatic heterocycles. The zero-order chi connectivity index (χ0) is 85.5. The van der Waals surface area contributed by atoms with Crippen molar-refractivity contribution in [1.82, 2.24) is 79.8 Å². The first-order valence-corrected chi connectivity index (χ1v) is 39.0. The number of nitrogens with one attached hydrogen (secondary N) is 15. The van der Waals surface area contributed by atoms with Gasteiger partial charge in [-0.2, -0.15) is 0 Å². The number of hydrogen-bond acceptors (Lipinski definition) is 21. The fourth-order valence-electron chi connectivity index (χ4n) is 11.9. The summed E-state index contributed by atoms with van der Waals surface area (Å²) in [5, 5.41) is 80.1.